The molecular weight excluding hydrogens is 283 g/mol. The second-order valence-electron chi connectivity index (χ2n) is 5.48. The number of allylic oxidation sites excluding steroid dienone is 3. The number of aryl methyl sites for hydroxylation is 1. The summed E-state index contributed by atoms with van der Waals surface area (Å²) in [7, 11) is 1.60. The number of rotatable bonds is 3. The van der Waals surface area contributed by atoms with Crippen LogP contribution in [0, 0.1) is 0 Å². The van der Waals surface area contributed by atoms with Gasteiger partial charge < -0.3 is 9.84 Å². The maximum atomic E-state index is 13.7. The Hall–Kier alpha value is -2.20. The Kier molecular flexibility index (Phi) is 3.94. The molecule has 0 bridgehead atoms. The van der Waals surface area contributed by atoms with Crippen LogP contribution < -0.4 is 0 Å². The number of carboxylic acids is 1. The fraction of sp³-hybridized carbons (Fsp3) is 0.278. The van der Waals surface area contributed by atoms with E-state index < -0.39 is 5.97 Å². The van der Waals surface area contributed by atoms with Gasteiger partial charge in [0.25, 0.3) is 0 Å². The summed E-state index contributed by atoms with van der Waals surface area (Å²) in [6, 6.07) is 5.14. The standard InChI is InChI=1S/C18H17FO3/c1-22-17-8-7-13(19)10-16(17)14-4-2-3-11-5-6-12(18(20)21)9-15(11)14/h4-7,9-10,17H,2-3,8H2,1H3,(H,20,21). The Balaban J connectivity index is 2.09. The van der Waals surface area contributed by atoms with Gasteiger partial charge in [-0.1, -0.05) is 12.1 Å². The lowest BCUT2D eigenvalue weighted by Crippen LogP contribution is -2.18. The van der Waals surface area contributed by atoms with Crippen LogP contribution in [0.3, 0.4) is 0 Å². The number of carboxylic acid groups (broad SMARTS) is 1. The molecule has 0 aliphatic heterocycles. The molecule has 3 rings (SSSR count). The van der Waals surface area contributed by atoms with Gasteiger partial charge in [-0.15, -0.1) is 0 Å². The largest absolute Gasteiger partial charge is 0.478 e. The summed E-state index contributed by atoms with van der Waals surface area (Å²) in [4.78, 5) is 11.2. The van der Waals surface area contributed by atoms with Crippen LogP contribution in [0.1, 0.15) is 34.3 Å². The molecule has 1 unspecified atom stereocenters. The molecule has 0 spiro atoms. The molecule has 0 saturated heterocycles. The average Bonchev–Trinajstić information content (AvgIpc) is 2.53. The van der Waals surface area contributed by atoms with E-state index in [1.165, 1.54) is 12.2 Å². The smallest absolute Gasteiger partial charge is 0.335 e. The molecule has 2 aliphatic rings. The van der Waals surface area contributed by atoms with Gasteiger partial charge in [0.05, 0.1) is 11.7 Å². The first-order chi connectivity index (χ1) is 10.6. The molecule has 0 amide bonds. The highest BCUT2D eigenvalue weighted by Gasteiger charge is 2.25. The van der Waals surface area contributed by atoms with Crippen molar-refractivity contribution < 1.29 is 19.0 Å². The molecule has 1 atom stereocenters. The molecule has 0 saturated carbocycles. The fourth-order valence-electron chi connectivity index (χ4n) is 3.05. The van der Waals surface area contributed by atoms with Crippen LogP contribution in [0.4, 0.5) is 4.39 Å². The highest BCUT2D eigenvalue weighted by molar-refractivity contribution is 5.91. The Morgan fingerprint density at radius 1 is 1.36 bits per heavy atom. The van der Waals surface area contributed by atoms with Crippen LogP contribution in [0.2, 0.25) is 0 Å². The first-order valence-electron chi connectivity index (χ1n) is 7.27. The van der Waals surface area contributed by atoms with Crippen LogP contribution >= 0.6 is 0 Å². The second kappa shape index (κ2) is 5.89. The topological polar surface area (TPSA) is 46.5 Å². The number of benzene rings is 1. The predicted molar refractivity (Wildman–Crippen MR) is 82.4 cm³/mol. The molecule has 2 aliphatic carbocycles. The molecular formula is C18H17FO3. The Bertz CT molecular complexity index is 713. The van der Waals surface area contributed by atoms with E-state index in [0.717, 1.165) is 35.1 Å². The Morgan fingerprint density at radius 3 is 2.91 bits per heavy atom. The summed E-state index contributed by atoms with van der Waals surface area (Å²) in [5.74, 6) is -1.23. The van der Waals surface area contributed by atoms with Crippen molar-refractivity contribution in [2.45, 2.75) is 25.4 Å². The second-order valence-corrected chi connectivity index (χ2v) is 5.48. The normalized spacial score (nSPS) is 20.6. The molecule has 4 heteroatoms. The summed E-state index contributed by atoms with van der Waals surface area (Å²) in [5, 5.41) is 9.20. The van der Waals surface area contributed by atoms with E-state index in [0.29, 0.717) is 6.42 Å². The highest BCUT2D eigenvalue weighted by Crippen LogP contribution is 2.37. The maximum Gasteiger partial charge on any atom is 0.335 e. The number of methoxy groups -OCH3 is 1. The first-order valence-corrected chi connectivity index (χ1v) is 7.27. The summed E-state index contributed by atoms with van der Waals surface area (Å²) in [6.07, 6.45) is 7.05. The SMILES string of the molecule is COC1CC=C(F)C=C1C1=CCCc2ccc(C(=O)O)cc21. The zero-order chi connectivity index (χ0) is 15.7. The van der Waals surface area contributed by atoms with Crippen molar-refractivity contribution in [3.05, 3.63) is 64.5 Å². The van der Waals surface area contributed by atoms with E-state index in [2.05, 4.69) is 0 Å². The van der Waals surface area contributed by atoms with Gasteiger partial charge in [0.2, 0.25) is 0 Å². The molecule has 3 nitrogen and oxygen atoms in total. The third-order valence-corrected chi connectivity index (χ3v) is 4.17. The molecule has 0 heterocycles. The molecule has 114 valence electrons. The molecule has 1 aromatic rings. The van der Waals surface area contributed by atoms with Crippen molar-refractivity contribution in [2.75, 3.05) is 7.11 Å². The van der Waals surface area contributed by atoms with E-state index in [9.17, 15) is 14.3 Å². The Labute approximate surface area is 128 Å². The quantitative estimate of drug-likeness (QED) is 0.920. The van der Waals surface area contributed by atoms with Gasteiger partial charge in [-0.2, -0.15) is 0 Å². The molecule has 0 fully saturated rings. The van der Waals surface area contributed by atoms with E-state index in [1.54, 1.807) is 19.2 Å². The number of carbonyl (C=O) groups is 1. The van der Waals surface area contributed by atoms with E-state index in [4.69, 9.17) is 4.74 Å². The number of hydrogen-bond donors (Lipinski definition) is 1. The molecule has 1 aromatic carbocycles. The average molecular weight is 300 g/mol. The third-order valence-electron chi connectivity index (χ3n) is 4.17. The highest BCUT2D eigenvalue weighted by atomic mass is 19.1. The first kappa shape index (κ1) is 14.7. The summed E-state index contributed by atoms with van der Waals surface area (Å²) < 4.78 is 19.2. The van der Waals surface area contributed by atoms with Gasteiger partial charge in [0, 0.05) is 7.11 Å². The zero-order valence-corrected chi connectivity index (χ0v) is 12.3. The van der Waals surface area contributed by atoms with Gasteiger partial charge in [-0.05, 0) is 65.8 Å². The number of ether oxygens (including phenoxy) is 1. The number of aromatic carboxylic acids is 1. The zero-order valence-electron chi connectivity index (χ0n) is 12.3. The summed E-state index contributed by atoms with van der Waals surface area (Å²) in [6.45, 7) is 0. The van der Waals surface area contributed by atoms with Crippen molar-refractivity contribution in [3.63, 3.8) is 0 Å². The van der Waals surface area contributed by atoms with E-state index >= 15 is 0 Å². The van der Waals surface area contributed by atoms with Crippen molar-refractivity contribution in [3.8, 4) is 0 Å². The summed E-state index contributed by atoms with van der Waals surface area (Å²) in [5.41, 5.74) is 3.88. The van der Waals surface area contributed by atoms with Crippen molar-refractivity contribution >= 4 is 11.5 Å². The summed E-state index contributed by atoms with van der Waals surface area (Å²) >= 11 is 0. The van der Waals surface area contributed by atoms with E-state index in [1.807, 2.05) is 12.1 Å². The molecule has 22 heavy (non-hydrogen) atoms. The number of halogens is 1. The molecule has 0 radical (unpaired) electrons. The van der Waals surface area contributed by atoms with Gasteiger partial charge in [-0.25, -0.2) is 9.18 Å². The van der Waals surface area contributed by atoms with Crippen molar-refractivity contribution in [1.82, 2.24) is 0 Å². The lowest BCUT2D eigenvalue weighted by molar-refractivity contribution is 0.0697. The minimum Gasteiger partial charge on any atom is -0.478 e. The van der Waals surface area contributed by atoms with Crippen molar-refractivity contribution in [1.29, 1.82) is 0 Å². The minimum atomic E-state index is -0.959. The van der Waals surface area contributed by atoms with Crippen LogP contribution in [-0.4, -0.2) is 24.3 Å². The lowest BCUT2D eigenvalue weighted by atomic mass is 9.82. The third kappa shape index (κ3) is 2.62. The lowest BCUT2D eigenvalue weighted by Gasteiger charge is -2.27. The number of fused-ring (bicyclic) bond motifs is 1. The van der Waals surface area contributed by atoms with Crippen LogP contribution in [0.5, 0.6) is 0 Å². The molecule has 0 aromatic heterocycles. The maximum absolute atomic E-state index is 13.7. The minimum absolute atomic E-state index is 0.204. The monoisotopic (exact) mass is 300 g/mol. The predicted octanol–water partition coefficient (Wildman–Crippen LogP) is 3.91. The van der Waals surface area contributed by atoms with Gasteiger partial charge in [0.15, 0.2) is 0 Å². The molecule has 1 N–H and O–H groups in total. The Morgan fingerprint density at radius 2 is 2.18 bits per heavy atom. The van der Waals surface area contributed by atoms with Gasteiger partial charge in [-0.3, -0.25) is 0 Å². The van der Waals surface area contributed by atoms with E-state index in [-0.39, 0.29) is 17.5 Å². The van der Waals surface area contributed by atoms with Crippen LogP contribution in [-0.2, 0) is 11.2 Å². The fourth-order valence-corrected chi connectivity index (χ4v) is 3.05. The van der Waals surface area contributed by atoms with Gasteiger partial charge in [0.1, 0.15) is 5.83 Å². The van der Waals surface area contributed by atoms with Gasteiger partial charge >= 0.3 is 5.97 Å². The van der Waals surface area contributed by atoms with Crippen LogP contribution in [0.15, 0.2) is 47.8 Å². The number of hydrogen-bond acceptors (Lipinski definition) is 2. The van der Waals surface area contributed by atoms with Crippen LogP contribution in [0.25, 0.3) is 5.57 Å². The van der Waals surface area contributed by atoms with Crippen molar-refractivity contribution in [2.24, 2.45) is 0 Å².